The number of primary amides is 1. The number of halogens is 2. The van der Waals surface area contributed by atoms with Crippen molar-refractivity contribution in [3.63, 3.8) is 0 Å². The Balaban J connectivity index is 2.35. The minimum atomic E-state index is -0.873. The number of methoxy groups -OCH3 is 1. The van der Waals surface area contributed by atoms with Gasteiger partial charge in [0.25, 0.3) is 0 Å². The van der Waals surface area contributed by atoms with Crippen LogP contribution in [0.5, 0.6) is 0 Å². The van der Waals surface area contributed by atoms with Crippen molar-refractivity contribution in [1.29, 1.82) is 0 Å². The molecule has 0 aromatic heterocycles. The Labute approximate surface area is 137 Å². The molecular weight excluding hydrogens is 323 g/mol. The first-order valence-corrected chi connectivity index (χ1v) is 6.99. The van der Waals surface area contributed by atoms with Crippen LogP contribution in [-0.2, 0) is 9.53 Å². The largest absolute Gasteiger partial charge is 0.467 e. The number of benzene rings is 2. The van der Waals surface area contributed by atoms with E-state index in [1.807, 2.05) is 0 Å². The molecule has 1 atom stereocenters. The SMILES string of the molecule is COC(=O)[C@@H](Nc1ccc(Cl)c(C(N)=O)c1)c1ccc(F)cc1. The second kappa shape index (κ2) is 7.11. The third kappa shape index (κ3) is 3.98. The summed E-state index contributed by atoms with van der Waals surface area (Å²) < 4.78 is 17.8. The van der Waals surface area contributed by atoms with Crippen LogP contribution in [0, 0.1) is 5.82 Å². The molecular formula is C16H14ClFN2O3. The van der Waals surface area contributed by atoms with Crippen LogP contribution in [0.1, 0.15) is 22.0 Å². The van der Waals surface area contributed by atoms with E-state index in [0.717, 1.165) is 0 Å². The van der Waals surface area contributed by atoms with E-state index in [1.54, 1.807) is 6.07 Å². The molecule has 0 saturated carbocycles. The number of rotatable bonds is 5. The highest BCUT2D eigenvalue weighted by molar-refractivity contribution is 6.33. The van der Waals surface area contributed by atoms with Gasteiger partial charge in [0.15, 0.2) is 6.04 Å². The number of esters is 1. The number of nitrogens with two attached hydrogens (primary N) is 1. The molecule has 0 fully saturated rings. The van der Waals surface area contributed by atoms with Gasteiger partial charge in [0.2, 0.25) is 5.91 Å². The van der Waals surface area contributed by atoms with Crippen molar-refractivity contribution in [2.75, 3.05) is 12.4 Å². The number of hydrogen-bond acceptors (Lipinski definition) is 4. The molecule has 0 spiro atoms. The molecule has 2 aromatic carbocycles. The molecule has 0 bridgehead atoms. The zero-order valence-corrected chi connectivity index (χ0v) is 12.9. The van der Waals surface area contributed by atoms with E-state index in [4.69, 9.17) is 22.1 Å². The van der Waals surface area contributed by atoms with Crippen LogP contribution in [0.25, 0.3) is 0 Å². The molecule has 23 heavy (non-hydrogen) atoms. The molecule has 2 rings (SSSR count). The summed E-state index contributed by atoms with van der Waals surface area (Å²) in [6.45, 7) is 0. The molecule has 0 radical (unpaired) electrons. The molecule has 0 saturated heterocycles. The summed E-state index contributed by atoms with van der Waals surface area (Å²) in [6, 6.07) is 9.06. The van der Waals surface area contributed by atoms with Crippen LogP contribution in [0.15, 0.2) is 42.5 Å². The van der Waals surface area contributed by atoms with Crippen LogP contribution >= 0.6 is 11.6 Å². The normalized spacial score (nSPS) is 11.6. The third-order valence-corrected chi connectivity index (χ3v) is 3.51. The lowest BCUT2D eigenvalue weighted by Gasteiger charge is -2.18. The standard InChI is InChI=1S/C16H14ClFN2O3/c1-23-16(22)14(9-2-4-10(18)5-3-9)20-11-6-7-13(17)12(8-11)15(19)21/h2-8,14,20H,1H3,(H2,19,21)/t14-/m0/s1. The van der Waals surface area contributed by atoms with Crippen molar-refractivity contribution < 1.29 is 18.7 Å². The molecule has 0 heterocycles. The fraction of sp³-hybridized carbons (Fsp3) is 0.125. The maximum absolute atomic E-state index is 13.0. The number of anilines is 1. The minimum Gasteiger partial charge on any atom is -0.467 e. The van der Waals surface area contributed by atoms with Gasteiger partial charge in [0, 0.05) is 5.69 Å². The highest BCUT2D eigenvalue weighted by Crippen LogP contribution is 2.25. The Morgan fingerprint density at radius 2 is 1.87 bits per heavy atom. The van der Waals surface area contributed by atoms with Crippen LogP contribution in [0.2, 0.25) is 5.02 Å². The summed E-state index contributed by atoms with van der Waals surface area (Å²) in [5.74, 6) is -1.66. The zero-order chi connectivity index (χ0) is 17.0. The van der Waals surface area contributed by atoms with Crippen molar-refractivity contribution in [2.24, 2.45) is 5.73 Å². The molecule has 0 unspecified atom stereocenters. The van der Waals surface area contributed by atoms with Crippen molar-refractivity contribution in [1.82, 2.24) is 0 Å². The summed E-state index contributed by atoms with van der Waals surface area (Å²) in [5.41, 5.74) is 6.32. The highest BCUT2D eigenvalue weighted by Gasteiger charge is 2.22. The Hall–Kier alpha value is -2.60. The second-order valence-electron chi connectivity index (χ2n) is 4.71. The Morgan fingerprint density at radius 3 is 2.43 bits per heavy atom. The lowest BCUT2D eigenvalue weighted by atomic mass is 10.1. The van der Waals surface area contributed by atoms with Crippen molar-refractivity contribution >= 4 is 29.2 Å². The van der Waals surface area contributed by atoms with E-state index in [0.29, 0.717) is 11.3 Å². The Bertz CT molecular complexity index is 735. The maximum atomic E-state index is 13.0. The molecule has 7 heteroatoms. The summed E-state index contributed by atoms with van der Waals surface area (Å²) in [4.78, 5) is 23.3. The lowest BCUT2D eigenvalue weighted by molar-refractivity contribution is -0.141. The molecule has 0 aliphatic heterocycles. The molecule has 0 aliphatic rings. The predicted molar refractivity (Wildman–Crippen MR) is 84.7 cm³/mol. The van der Waals surface area contributed by atoms with E-state index in [1.165, 1.54) is 43.5 Å². The fourth-order valence-corrected chi connectivity index (χ4v) is 2.23. The van der Waals surface area contributed by atoms with E-state index >= 15 is 0 Å². The van der Waals surface area contributed by atoms with Crippen molar-refractivity contribution in [2.45, 2.75) is 6.04 Å². The second-order valence-corrected chi connectivity index (χ2v) is 5.12. The average molecular weight is 337 g/mol. The van der Waals surface area contributed by atoms with Gasteiger partial charge >= 0.3 is 5.97 Å². The van der Waals surface area contributed by atoms with Gasteiger partial charge in [0.05, 0.1) is 17.7 Å². The molecule has 120 valence electrons. The van der Waals surface area contributed by atoms with Gasteiger partial charge in [0.1, 0.15) is 5.82 Å². The summed E-state index contributed by atoms with van der Waals surface area (Å²) in [5, 5.41) is 3.13. The monoisotopic (exact) mass is 336 g/mol. The van der Waals surface area contributed by atoms with Crippen LogP contribution in [-0.4, -0.2) is 19.0 Å². The number of carbonyl (C=O) groups excluding carboxylic acids is 2. The van der Waals surface area contributed by atoms with Gasteiger partial charge in [-0.05, 0) is 35.9 Å². The fourth-order valence-electron chi connectivity index (χ4n) is 2.02. The van der Waals surface area contributed by atoms with Gasteiger partial charge < -0.3 is 15.8 Å². The van der Waals surface area contributed by atoms with Gasteiger partial charge in [-0.15, -0.1) is 0 Å². The first kappa shape index (κ1) is 16.8. The summed E-state index contributed by atoms with van der Waals surface area (Å²) in [6.07, 6.45) is 0. The van der Waals surface area contributed by atoms with E-state index in [2.05, 4.69) is 5.32 Å². The molecule has 2 aromatic rings. The third-order valence-electron chi connectivity index (χ3n) is 3.18. The maximum Gasteiger partial charge on any atom is 0.332 e. The Morgan fingerprint density at radius 1 is 1.22 bits per heavy atom. The highest BCUT2D eigenvalue weighted by atomic mass is 35.5. The van der Waals surface area contributed by atoms with Gasteiger partial charge in [-0.2, -0.15) is 0 Å². The van der Waals surface area contributed by atoms with Crippen LogP contribution in [0.3, 0.4) is 0 Å². The molecule has 3 N–H and O–H groups in total. The lowest BCUT2D eigenvalue weighted by Crippen LogP contribution is -2.22. The number of nitrogens with one attached hydrogen (secondary N) is 1. The number of carbonyl (C=O) groups is 2. The smallest absolute Gasteiger partial charge is 0.332 e. The molecule has 0 aliphatic carbocycles. The minimum absolute atomic E-state index is 0.124. The van der Waals surface area contributed by atoms with E-state index in [-0.39, 0.29) is 10.6 Å². The van der Waals surface area contributed by atoms with Gasteiger partial charge in [-0.1, -0.05) is 23.7 Å². The van der Waals surface area contributed by atoms with E-state index < -0.39 is 23.7 Å². The number of hydrogen-bond donors (Lipinski definition) is 2. The summed E-state index contributed by atoms with van der Waals surface area (Å²) >= 11 is 5.89. The predicted octanol–water partition coefficient (Wildman–Crippen LogP) is 2.90. The molecule has 5 nitrogen and oxygen atoms in total. The Kier molecular flexibility index (Phi) is 5.18. The van der Waals surface area contributed by atoms with Gasteiger partial charge in [-0.25, -0.2) is 9.18 Å². The number of ether oxygens (including phenoxy) is 1. The van der Waals surface area contributed by atoms with Crippen molar-refractivity contribution in [3.05, 3.63) is 64.4 Å². The van der Waals surface area contributed by atoms with Crippen LogP contribution in [0.4, 0.5) is 10.1 Å². The average Bonchev–Trinajstić information content (AvgIpc) is 2.54. The first-order valence-electron chi connectivity index (χ1n) is 6.61. The van der Waals surface area contributed by atoms with E-state index in [9.17, 15) is 14.0 Å². The first-order chi connectivity index (χ1) is 10.9. The van der Waals surface area contributed by atoms with Crippen LogP contribution < -0.4 is 11.1 Å². The number of amides is 1. The molecule has 1 amide bonds. The van der Waals surface area contributed by atoms with Gasteiger partial charge in [-0.3, -0.25) is 4.79 Å². The topological polar surface area (TPSA) is 81.4 Å². The zero-order valence-electron chi connectivity index (χ0n) is 12.2. The van der Waals surface area contributed by atoms with Crippen molar-refractivity contribution in [3.8, 4) is 0 Å². The summed E-state index contributed by atoms with van der Waals surface area (Å²) in [7, 11) is 1.25. The quantitative estimate of drug-likeness (QED) is 0.823.